The predicted octanol–water partition coefficient (Wildman–Crippen LogP) is 1.65. The number of carbonyl (C=O) groups excluding carboxylic acids is 1. The highest BCUT2D eigenvalue weighted by Crippen LogP contribution is 2.38. The van der Waals surface area contributed by atoms with E-state index in [0.717, 1.165) is 51.3 Å². The maximum absolute atomic E-state index is 11.7. The number of hydrogen-bond acceptors (Lipinski definition) is 6. The molecule has 8 nitrogen and oxygen atoms in total. The molecule has 2 fully saturated rings. The number of nitro benzene ring substituents is 1. The number of rotatable bonds is 3. The number of fused-ring (bicyclic) bond motifs is 3. The molecule has 0 bridgehead atoms. The first-order valence-corrected chi connectivity index (χ1v) is 9.40. The summed E-state index contributed by atoms with van der Waals surface area (Å²) in [6.07, 6.45) is 3.35. The second-order valence-corrected chi connectivity index (χ2v) is 7.32. The van der Waals surface area contributed by atoms with Crippen molar-refractivity contribution in [3.05, 3.63) is 41.0 Å². The van der Waals surface area contributed by atoms with Crippen molar-refractivity contribution in [2.45, 2.75) is 24.9 Å². The third-order valence-corrected chi connectivity index (χ3v) is 5.88. The van der Waals surface area contributed by atoms with Gasteiger partial charge in [-0.25, -0.2) is 0 Å². The zero-order chi connectivity index (χ0) is 19.0. The van der Waals surface area contributed by atoms with E-state index in [2.05, 4.69) is 16.4 Å². The number of non-ortho nitro benzene ring substituents is 1. The molecule has 3 aliphatic rings. The Morgan fingerprint density at radius 3 is 2.70 bits per heavy atom. The molecule has 3 aliphatic heterocycles. The zero-order valence-corrected chi connectivity index (χ0v) is 15.2. The maximum atomic E-state index is 11.7. The van der Waals surface area contributed by atoms with Crippen LogP contribution in [0.25, 0.3) is 0 Å². The molecule has 144 valence electrons. The molecule has 4 rings (SSSR count). The molecule has 1 aromatic rings. The van der Waals surface area contributed by atoms with E-state index in [1.54, 1.807) is 12.1 Å². The molecule has 3 heterocycles. The van der Waals surface area contributed by atoms with Gasteiger partial charge in [-0.1, -0.05) is 6.58 Å². The van der Waals surface area contributed by atoms with E-state index in [1.165, 1.54) is 12.1 Å². The molecule has 2 saturated heterocycles. The van der Waals surface area contributed by atoms with Crippen molar-refractivity contribution in [1.29, 1.82) is 0 Å². The van der Waals surface area contributed by atoms with Crippen LogP contribution in [0, 0.1) is 10.1 Å². The van der Waals surface area contributed by atoms with Gasteiger partial charge in [-0.2, -0.15) is 0 Å². The molecule has 8 heteroatoms. The maximum Gasteiger partial charge on any atom is 0.273 e. The van der Waals surface area contributed by atoms with Crippen molar-refractivity contribution in [2.75, 3.05) is 44.2 Å². The number of piperazine rings is 1. The third kappa shape index (κ3) is 3.37. The van der Waals surface area contributed by atoms with Crippen LogP contribution in [-0.2, 0) is 4.79 Å². The number of piperidine rings is 1. The third-order valence-electron chi connectivity index (χ3n) is 5.88. The fraction of sp³-hybridized carbons (Fsp3) is 0.526. The van der Waals surface area contributed by atoms with E-state index in [0.29, 0.717) is 18.4 Å². The molecule has 0 aliphatic carbocycles. The molecule has 0 unspecified atom stereocenters. The number of nitrogens with zero attached hydrogens (tertiary/aromatic N) is 4. The number of anilines is 1. The number of amides is 1. The Balaban J connectivity index is 1.40. The normalized spacial score (nSPS) is 23.2. The first-order valence-electron chi connectivity index (χ1n) is 9.40. The van der Waals surface area contributed by atoms with E-state index in [-0.39, 0.29) is 17.6 Å². The minimum Gasteiger partial charge on any atom is -0.489 e. The zero-order valence-electron chi connectivity index (χ0n) is 15.2. The summed E-state index contributed by atoms with van der Waals surface area (Å²) >= 11 is 0. The Labute approximate surface area is 158 Å². The van der Waals surface area contributed by atoms with Crippen molar-refractivity contribution >= 4 is 17.3 Å². The smallest absolute Gasteiger partial charge is 0.273 e. The van der Waals surface area contributed by atoms with Crippen molar-refractivity contribution in [1.82, 2.24) is 9.80 Å². The highest BCUT2D eigenvalue weighted by atomic mass is 16.6. The molecule has 0 saturated carbocycles. The van der Waals surface area contributed by atoms with E-state index < -0.39 is 4.92 Å². The molecule has 27 heavy (non-hydrogen) atoms. The van der Waals surface area contributed by atoms with Crippen molar-refractivity contribution in [2.24, 2.45) is 0 Å². The molecule has 1 aromatic carbocycles. The van der Waals surface area contributed by atoms with Gasteiger partial charge in [0.2, 0.25) is 5.91 Å². The molecule has 0 aromatic heterocycles. The largest absolute Gasteiger partial charge is 0.489 e. The lowest BCUT2D eigenvalue weighted by molar-refractivity contribution is -0.384. The van der Waals surface area contributed by atoms with Crippen LogP contribution in [-0.4, -0.2) is 72.0 Å². The van der Waals surface area contributed by atoms with Crippen LogP contribution in [0.5, 0.6) is 5.75 Å². The highest BCUT2D eigenvalue weighted by Gasteiger charge is 2.36. The average molecular weight is 372 g/mol. The van der Waals surface area contributed by atoms with E-state index >= 15 is 0 Å². The summed E-state index contributed by atoms with van der Waals surface area (Å²) in [5.74, 6) is 0.620. The SMILES string of the molecule is C=CC(=O)N1CCC(N2CCN3c4ccc([N+](=O)[O-])cc4OC[C@H]3C2)CC1. The van der Waals surface area contributed by atoms with Crippen molar-refractivity contribution < 1.29 is 14.5 Å². The van der Waals surface area contributed by atoms with Crippen LogP contribution in [0.4, 0.5) is 11.4 Å². The molecule has 1 amide bonds. The summed E-state index contributed by atoms with van der Waals surface area (Å²) < 4.78 is 5.85. The van der Waals surface area contributed by atoms with Crippen LogP contribution in [0.1, 0.15) is 12.8 Å². The van der Waals surface area contributed by atoms with Crippen LogP contribution in [0.15, 0.2) is 30.9 Å². The molecular formula is C19H24N4O4. The minimum absolute atomic E-state index is 0.0182. The van der Waals surface area contributed by atoms with E-state index in [4.69, 9.17) is 4.74 Å². The average Bonchev–Trinajstić information content (AvgIpc) is 2.72. The second kappa shape index (κ2) is 7.19. The van der Waals surface area contributed by atoms with Crippen LogP contribution in [0.3, 0.4) is 0 Å². The van der Waals surface area contributed by atoms with Crippen LogP contribution in [0.2, 0.25) is 0 Å². The van der Waals surface area contributed by atoms with Gasteiger partial charge in [0.05, 0.1) is 22.7 Å². The van der Waals surface area contributed by atoms with E-state index in [9.17, 15) is 14.9 Å². The first kappa shape index (κ1) is 17.8. The molecule has 0 radical (unpaired) electrons. The van der Waals surface area contributed by atoms with Gasteiger partial charge in [-0.05, 0) is 25.0 Å². The number of nitro groups is 1. The second-order valence-electron chi connectivity index (χ2n) is 7.32. The van der Waals surface area contributed by atoms with Gasteiger partial charge in [0.1, 0.15) is 12.4 Å². The predicted molar refractivity (Wildman–Crippen MR) is 101 cm³/mol. The van der Waals surface area contributed by atoms with E-state index in [1.807, 2.05) is 4.90 Å². The van der Waals surface area contributed by atoms with Crippen LogP contribution >= 0.6 is 0 Å². The van der Waals surface area contributed by atoms with Gasteiger partial charge in [-0.3, -0.25) is 19.8 Å². The minimum atomic E-state index is -0.392. The summed E-state index contributed by atoms with van der Waals surface area (Å²) in [5, 5.41) is 11.0. The molecular weight excluding hydrogens is 348 g/mol. The van der Waals surface area contributed by atoms with Crippen LogP contribution < -0.4 is 9.64 Å². The summed E-state index contributed by atoms with van der Waals surface area (Å²) in [5.41, 5.74) is 1.01. The number of carbonyl (C=O) groups is 1. The Kier molecular flexibility index (Phi) is 4.73. The number of likely N-dealkylation sites (tertiary alicyclic amines) is 1. The Morgan fingerprint density at radius 2 is 2.00 bits per heavy atom. The van der Waals surface area contributed by atoms with Gasteiger partial charge in [0.25, 0.3) is 5.69 Å². The Bertz CT molecular complexity index is 760. The summed E-state index contributed by atoms with van der Waals surface area (Å²) in [7, 11) is 0. The van der Waals surface area contributed by atoms with Gasteiger partial charge in [0, 0.05) is 44.8 Å². The number of benzene rings is 1. The first-order chi connectivity index (χ1) is 13.1. The number of hydrogen-bond donors (Lipinski definition) is 0. The topological polar surface area (TPSA) is 79.2 Å². The fourth-order valence-electron chi connectivity index (χ4n) is 4.41. The van der Waals surface area contributed by atoms with Gasteiger partial charge in [0.15, 0.2) is 0 Å². The lowest BCUT2D eigenvalue weighted by Crippen LogP contribution is -2.60. The number of ether oxygens (including phenoxy) is 1. The molecule has 0 N–H and O–H groups in total. The summed E-state index contributed by atoms with van der Waals surface area (Å²) in [6, 6.07) is 5.60. The summed E-state index contributed by atoms with van der Waals surface area (Å²) in [6.45, 7) is 8.41. The van der Waals surface area contributed by atoms with Gasteiger partial charge >= 0.3 is 0 Å². The quantitative estimate of drug-likeness (QED) is 0.456. The van der Waals surface area contributed by atoms with Gasteiger partial charge < -0.3 is 14.5 Å². The Hall–Kier alpha value is -2.61. The molecule has 1 atom stereocenters. The van der Waals surface area contributed by atoms with Crippen molar-refractivity contribution in [3.8, 4) is 5.75 Å². The molecule has 0 spiro atoms. The standard InChI is InChI=1S/C19H24N4O4/c1-2-19(24)20-7-5-14(6-8-20)21-9-10-22-16(12-21)13-27-18-11-15(23(25)26)3-4-17(18)22/h2-4,11,14,16H,1,5-10,12-13H2/t16-/m1/s1. The summed E-state index contributed by atoms with van der Waals surface area (Å²) in [4.78, 5) is 29.0. The lowest BCUT2D eigenvalue weighted by Gasteiger charge is -2.48. The van der Waals surface area contributed by atoms with Crippen molar-refractivity contribution in [3.63, 3.8) is 0 Å². The fourth-order valence-corrected chi connectivity index (χ4v) is 4.41. The highest BCUT2D eigenvalue weighted by molar-refractivity contribution is 5.87. The monoisotopic (exact) mass is 372 g/mol. The Morgan fingerprint density at radius 1 is 1.22 bits per heavy atom. The van der Waals surface area contributed by atoms with Gasteiger partial charge in [-0.15, -0.1) is 0 Å². The lowest BCUT2D eigenvalue weighted by atomic mass is 9.99.